The molecule has 1 saturated carbocycles. The van der Waals surface area contributed by atoms with Crippen molar-refractivity contribution in [3.8, 4) is 5.75 Å². The highest BCUT2D eigenvalue weighted by atomic mass is 32.2. The van der Waals surface area contributed by atoms with Crippen LogP contribution in [0.1, 0.15) is 77.2 Å². The minimum Gasteiger partial charge on any atom is -0.506 e. The van der Waals surface area contributed by atoms with E-state index in [1.165, 1.54) is 18.2 Å². The maximum atomic E-state index is 14.5. The molecule has 66 heavy (non-hydrogen) atoms. The van der Waals surface area contributed by atoms with E-state index in [-0.39, 0.29) is 43.0 Å². The van der Waals surface area contributed by atoms with Crippen LogP contribution in [0.5, 0.6) is 5.75 Å². The van der Waals surface area contributed by atoms with E-state index in [1.807, 2.05) is 0 Å². The Hall–Kier alpha value is -6.86. The molecule has 0 aromatic heterocycles. The van der Waals surface area contributed by atoms with Gasteiger partial charge in [0, 0.05) is 36.6 Å². The van der Waals surface area contributed by atoms with Gasteiger partial charge >= 0.3 is 11.9 Å². The summed E-state index contributed by atoms with van der Waals surface area (Å²) in [5.74, 6) is -17.8. The van der Waals surface area contributed by atoms with Crippen molar-refractivity contribution in [2.75, 3.05) is 23.8 Å². The van der Waals surface area contributed by atoms with Crippen molar-refractivity contribution in [2.45, 2.75) is 114 Å². The molecule has 6 atom stereocenters. The molecule has 0 bridgehead atoms. The second-order valence-electron chi connectivity index (χ2n) is 16.6. The second kappa shape index (κ2) is 24.4. The molecular formula is C40H58N10O15S. The molecule has 1 aliphatic heterocycles. The lowest BCUT2D eigenvalue weighted by Crippen LogP contribution is -2.66. The number of phenolic OH excluding ortho intramolecular Hbond substituents is 1. The Balaban J connectivity index is 2.16. The number of nitrogens with one attached hydrogen (secondary N) is 7. The molecule has 25 nitrogen and oxygen atoms in total. The number of amides is 9. The smallest absolute Gasteiger partial charge is 0.317 e. The molecule has 3 rings (SSSR count). The summed E-state index contributed by atoms with van der Waals surface area (Å²) in [5, 5.41) is 46.3. The number of rotatable bonds is 11. The van der Waals surface area contributed by atoms with E-state index in [2.05, 4.69) is 37.2 Å². The first kappa shape index (κ1) is 53.5. The molecular weight excluding hydrogens is 893 g/mol. The van der Waals surface area contributed by atoms with E-state index in [0.717, 1.165) is 0 Å². The third-order valence-corrected chi connectivity index (χ3v) is 12.0. The van der Waals surface area contributed by atoms with E-state index >= 15 is 0 Å². The summed E-state index contributed by atoms with van der Waals surface area (Å²) >= 11 is 0. The number of carboxylic acids is 2. The van der Waals surface area contributed by atoms with Gasteiger partial charge in [0.15, 0.2) is 5.92 Å². The summed E-state index contributed by atoms with van der Waals surface area (Å²) in [6.45, 7) is 2.89. The molecule has 9 amide bonds. The SMILES string of the molecule is CC(C)C[C@@H]1NC(=O)[C@H](CC(C(=O)O)C(=O)O)NC(=O)C[S@@](=O)C[C@H](C(N)=O)NC(=O)CCNC(=O)[C@H](CC(N)=O)NC(=O)C2(CCCCC2)NC(=O)[C@H](Cc2ccc(O)c(N)c2)NC1=O. The lowest BCUT2D eigenvalue weighted by Gasteiger charge is -2.38. The first-order valence-electron chi connectivity index (χ1n) is 21.0. The van der Waals surface area contributed by atoms with Crippen molar-refractivity contribution in [2.24, 2.45) is 23.3 Å². The number of anilines is 1. The Morgan fingerprint density at radius 1 is 0.773 bits per heavy atom. The number of carbonyl (C=O) groups excluding carboxylic acids is 9. The van der Waals surface area contributed by atoms with Gasteiger partial charge in [0.1, 0.15) is 47.3 Å². The van der Waals surface area contributed by atoms with Gasteiger partial charge in [0.05, 0.1) is 17.9 Å². The predicted molar refractivity (Wildman–Crippen MR) is 231 cm³/mol. The largest absolute Gasteiger partial charge is 0.506 e. The highest BCUT2D eigenvalue weighted by Crippen LogP contribution is 2.29. The second-order valence-corrected chi connectivity index (χ2v) is 18.1. The molecule has 26 heteroatoms. The molecule has 1 spiro atoms. The van der Waals surface area contributed by atoms with Gasteiger partial charge in [-0.25, -0.2) is 0 Å². The van der Waals surface area contributed by atoms with E-state index in [9.17, 15) is 72.3 Å². The standard InChI is InChI=1S/C40H58N10O15S/c1-19(2)12-23-34(57)48-24(14-20-6-7-28(51)22(41)13-20)36(59)50-40(9-4-3-5-10-40)39(64)49-26(16-29(42)52)33(56)44-11-8-30(53)46-27(32(43)55)17-66(65)18-31(54)45-25(35(58)47-23)15-21(37(60)61)38(62)63/h6-7,13,19,21,23-27,51H,3-5,8-12,14-18,41H2,1-2H3,(H2,42,52)(H2,43,55)(H,44,56)(H,45,54)(H,46,53)(H,47,58)(H,48,57)(H,49,64)(H,50,59)(H,60,61)(H,62,63)/t23-,24-,25-,26-,27+,66-/m0/s1. The summed E-state index contributed by atoms with van der Waals surface area (Å²) in [6.07, 6.45) is -1.26. The van der Waals surface area contributed by atoms with E-state index in [4.69, 9.17) is 17.2 Å². The fourth-order valence-electron chi connectivity index (χ4n) is 7.30. The summed E-state index contributed by atoms with van der Waals surface area (Å²) in [5.41, 5.74) is 15.2. The fourth-order valence-corrected chi connectivity index (χ4v) is 8.42. The number of primary amides is 2. The number of carboxylic acid groups (broad SMARTS) is 2. The minimum atomic E-state index is -2.33. The molecule has 1 aromatic carbocycles. The van der Waals surface area contributed by atoms with Crippen LogP contribution in [0.25, 0.3) is 0 Å². The zero-order valence-corrected chi connectivity index (χ0v) is 37.2. The summed E-state index contributed by atoms with van der Waals surface area (Å²) in [7, 11) is -2.33. The Bertz CT molecular complexity index is 2060. The van der Waals surface area contributed by atoms with Crippen LogP contribution >= 0.6 is 0 Å². The van der Waals surface area contributed by atoms with Crippen LogP contribution in [0.2, 0.25) is 0 Å². The topological polar surface area (TPSA) is 428 Å². The lowest BCUT2D eigenvalue weighted by atomic mass is 9.80. The maximum absolute atomic E-state index is 14.5. The van der Waals surface area contributed by atoms with Crippen LogP contribution in [0, 0.1) is 11.8 Å². The van der Waals surface area contributed by atoms with Crippen molar-refractivity contribution in [3.63, 3.8) is 0 Å². The van der Waals surface area contributed by atoms with Gasteiger partial charge < -0.3 is 69.7 Å². The molecule has 1 aromatic rings. The molecule has 2 fully saturated rings. The molecule has 1 heterocycles. The van der Waals surface area contributed by atoms with Crippen molar-refractivity contribution >= 4 is 81.6 Å². The van der Waals surface area contributed by atoms with Crippen molar-refractivity contribution in [1.82, 2.24) is 37.2 Å². The first-order chi connectivity index (χ1) is 30.9. The van der Waals surface area contributed by atoms with Crippen LogP contribution in [0.4, 0.5) is 5.69 Å². The number of aliphatic carboxylic acids is 2. The van der Waals surface area contributed by atoms with Crippen LogP contribution < -0.4 is 54.4 Å². The molecule has 1 saturated heterocycles. The highest BCUT2D eigenvalue weighted by molar-refractivity contribution is 7.85. The third-order valence-electron chi connectivity index (χ3n) is 10.7. The third kappa shape index (κ3) is 16.3. The Kier molecular flexibility index (Phi) is 19.8. The average Bonchev–Trinajstić information content (AvgIpc) is 3.21. The van der Waals surface area contributed by atoms with Crippen LogP contribution in [0.15, 0.2) is 18.2 Å². The lowest BCUT2D eigenvalue weighted by molar-refractivity contribution is -0.155. The van der Waals surface area contributed by atoms with Crippen LogP contribution in [-0.2, 0) is 70.0 Å². The molecule has 1 aliphatic carbocycles. The highest BCUT2D eigenvalue weighted by Gasteiger charge is 2.44. The molecule has 16 N–H and O–H groups in total. The van der Waals surface area contributed by atoms with Gasteiger partial charge in [-0.15, -0.1) is 0 Å². The number of hydrogen-bond donors (Lipinski definition) is 13. The van der Waals surface area contributed by atoms with Gasteiger partial charge in [0.25, 0.3) is 0 Å². The zero-order valence-electron chi connectivity index (χ0n) is 36.3. The van der Waals surface area contributed by atoms with E-state index in [0.29, 0.717) is 24.8 Å². The van der Waals surface area contributed by atoms with Gasteiger partial charge in [0.2, 0.25) is 53.2 Å². The number of benzene rings is 1. The first-order valence-corrected chi connectivity index (χ1v) is 22.5. The van der Waals surface area contributed by atoms with Crippen LogP contribution in [0.3, 0.4) is 0 Å². The molecule has 364 valence electrons. The van der Waals surface area contributed by atoms with Crippen molar-refractivity contribution in [1.29, 1.82) is 0 Å². The molecule has 0 radical (unpaired) electrons. The number of carbonyl (C=O) groups is 11. The summed E-state index contributed by atoms with van der Waals surface area (Å²) < 4.78 is 13.1. The maximum Gasteiger partial charge on any atom is 0.317 e. The number of nitrogens with two attached hydrogens (primary N) is 3. The van der Waals surface area contributed by atoms with Crippen molar-refractivity contribution in [3.05, 3.63) is 23.8 Å². The molecule has 0 unspecified atom stereocenters. The number of aromatic hydroxyl groups is 1. The monoisotopic (exact) mass is 950 g/mol. The predicted octanol–water partition coefficient (Wildman–Crippen LogP) is -4.39. The number of phenols is 1. The summed E-state index contributed by atoms with van der Waals surface area (Å²) in [4.78, 5) is 144. The van der Waals surface area contributed by atoms with Gasteiger partial charge in [-0.05, 0) is 42.9 Å². The van der Waals surface area contributed by atoms with Gasteiger partial charge in [-0.3, -0.25) is 56.9 Å². The quantitative estimate of drug-likeness (QED) is 0.0566. The molecule has 2 aliphatic rings. The number of hydrogen-bond acceptors (Lipinski definition) is 14. The van der Waals surface area contributed by atoms with Crippen molar-refractivity contribution < 1.29 is 72.3 Å². The van der Waals surface area contributed by atoms with Gasteiger partial charge in [-0.2, -0.15) is 0 Å². The van der Waals surface area contributed by atoms with E-state index < -0.39 is 155 Å². The van der Waals surface area contributed by atoms with E-state index in [1.54, 1.807) is 13.8 Å². The average molecular weight is 951 g/mol. The minimum absolute atomic E-state index is 0.0289. The Morgan fingerprint density at radius 3 is 1.94 bits per heavy atom. The Morgan fingerprint density at radius 2 is 1.38 bits per heavy atom. The fraction of sp³-hybridized carbons (Fsp3) is 0.575. The summed E-state index contributed by atoms with van der Waals surface area (Å²) in [6, 6.07) is -4.41. The normalized spacial score (nSPS) is 24.5. The van der Waals surface area contributed by atoms with Crippen LogP contribution in [-0.4, -0.2) is 138 Å². The van der Waals surface area contributed by atoms with Gasteiger partial charge in [-0.1, -0.05) is 39.2 Å². The zero-order chi connectivity index (χ0) is 49.5. The Labute approximate surface area is 380 Å². The number of nitrogen functional groups attached to an aromatic ring is 1.